The molecule has 0 aromatic rings. The van der Waals surface area contributed by atoms with Gasteiger partial charge in [-0.3, -0.25) is 4.79 Å². The van der Waals surface area contributed by atoms with Crippen LogP contribution >= 0.6 is 0 Å². The normalized spacial score (nSPS) is 28.5. The summed E-state index contributed by atoms with van der Waals surface area (Å²) in [5, 5.41) is 40.1. The van der Waals surface area contributed by atoms with E-state index in [0.717, 1.165) is 0 Å². The van der Waals surface area contributed by atoms with E-state index in [4.69, 9.17) is 9.84 Å². The predicted molar refractivity (Wildman–Crippen MR) is 68.0 cm³/mol. The number of hydrogen-bond acceptors (Lipinski definition) is 8. The molecular weight excluding hydrogens is 286 g/mol. The molecule has 0 aromatic carbocycles. The van der Waals surface area contributed by atoms with Gasteiger partial charge in [0.1, 0.15) is 12.2 Å². The number of amides is 1. The Kier molecular flexibility index (Phi) is 6.99. The molecule has 1 aliphatic rings. The highest BCUT2D eigenvalue weighted by atomic mass is 16.5. The van der Waals surface area contributed by atoms with Crippen LogP contribution in [0.15, 0.2) is 0 Å². The molecule has 0 bridgehead atoms. The van der Waals surface area contributed by atoms with Gasteiger partial charge < -0.3 is 35.2 Å². The molecule has 1 aliphatic heterocycles. The zero-order chi connectivity index (χ0) is 16.0. The lowest BCUT2D eigenvalue weighted by Gasteiger charge is -2.34. The van der Waals surface area contributed by atoms with Gasteiger partial charge in [0.05, 0.1) is 19.3 Å². The van der Waals surface area contributed by atoms with Crippen molar-refractivity contribution in [2.75, 3.05) is 19.8 Å². The maximum absolute atomic E-state index is 11.8. The van der Waals surface area contributed by atoms with E-state index in [2.05, 4.69) is 10.1 Å². The Morgan fingerprint density at radius 1 is 1.43 bits per heavy atom. The molecule has 9 nitrogen and oxygen atoms in total. The summed E-state index contributed by atoms with van der Waals surface area (Å²) >= 11 is 0. The lowest BCUT2D eigenvalue weighted by Crippen LogP contribution is -2.57. The number of hydrogen-bond donors (Lipinski definition) is 5. The molecule has 1 saturated heterocycles. The highest BCUT2D eigenvalue weighted by molar-refractivity contribution is 5.87. The van der Waals surface area contributed by atoms with Crippen LogP contribution in [-0.4, -0.2) is 82.6 Å². The Hall–Kier alpha value is -1.26. The van der Waals surface area contributed by atoms with Crippen molar-refractivity contribution in [2.24, 2.45) is 0 Å². The van der Waals surface area contributed by atoms with E-state index in [-0.39, 0.29) is 19.6 Å². The van der Waals surface area contributed by atoms with Crippen LogP contribution in [0.1, 0.15) is 13.3 Å². The highest BCUT2D eigenvalue weighted by Gasteiger charge is 2.40. The van der Waals surface area contributed by atoms with Crippen molar-refractivity contribution in [1.29, 1.82) is 0 Å². The molecule has 5 atom stereocenters. The second kappa shape index (κ2) is 8.25. The Balaban J connectivity index is 2.62. The van der Waals surface area contributed by atoms with Crippen LogP contribution in [-0.2, 0) is 19.1 Å². The van der Waals surface area contributed by atoms with Gasteiger partial charge in [-0.2, -0.15) is 0 Å². The number of aliphatic hydroxyl groups is 4. The average Bonchev–Trinajstić information content (AvgIpc) is 2.46. The summed E-state index contributed by atoms with van der Waals surface area (Å²) in [7, 11) is 0. The van der Waals surface area contributed by atoms with Gasteiger partial charge in [0.15, 0.2) is 12.1 Å². The number of nitrogens with one attached hydrogen (secondary N) is 1. The van der Waals surface area contributed by atoms with Gasteiger partial charge in [-0.25, -0.2) is 4.79 Å². The molecule has 122 valence electrons. The van der Waals surface area contributed by atoms with Gasteiger partial charge in [-0.05, 0) is 13.3 Å². The number of rotatable bonds is 6. The van der Waals surface area contributed by atoms with Crippen molar-refractivity contribution in [1.82, 2.24) is 5.32 Å². The van der Waals surface area contributed by atoms with Crippen molar-refractivity contribution >= 4 is 11.9 Å². The number of carbonyl (C=O) groups excluding carboxylic acids is 2. The van der Waals surface area contributed by atoms with Crippen molar-refractivity contribution in [3.05, 3.63) is 0 Å². The SMILES string of the molecule is CCOC(=O)C(CO)NC(=O)C(O)C1OCCC(O)C1O. The fraction of sp³-hybridized carbons (Fsp3) is 0.833. The Labute approximate surface area is 121 Å². The maximum Gasteiger partial charge on any atom is 0.331 e. The summed E-state index contributed by atoms with van der Waals surface area (Å²) < 4.78 is 9.71. The summed E-state index contributed by atoms with van der Waals surface area (Å²) in [5.41, 5.74) is 0. The van der Waals surface area contributed by atoms with Gasteiger partial charge in [0.25, 0.3) is 5.91 Å². The molecule has 0 aliphatic carbocycles. The van der Waals surface area contributed by atoms with Gasteiger partial charge in [-0.15, -0.1) is 0 Å². The second-order valence-electron chi connectivity index (χ2n) is 4.62. The average molecular weight is 307 g/mol. The predicted octanol–water partition coefficient (Wildman–Crippen LogP) is -3.10. The van der Waals surface area contributed by atoms with E-state index >= 15 is 0 Å². The first-order chi connectivity index (χ1) is 9.92. The van der Waals surface area contributed by atoms with Crippen LogP contribution in [0, 0.1) is 0 Å². The summed E-state index contributed by atoms with van der Waals surface area (Å²) in [6.45, 7) is 1.02. The molecule has 5 unspecified atom stereocenters. The van der Waals surface area contributed by atoms with E-state index < -0.39 is 48.9 Å². The fourth-order valence-electron chi connectivity index (χ4n) is 1.92. The van der Waals surface area contributed by atoms with Crippen molar-refractivity contribution in [3.8, 4) is 0 Å². The van der Waals surface area contributed by atoms with Gasteiger partial charge in [0, 0.05) is 6.61 Å². The molecule has 0 aromatic heterocycles. The molecule has 0 saturated carbocycles. The topological polar surface area (TPSA) is 146 Å². The van der Waals surface area contributed by atoms with Gasteiger partial charge in [0.2, 0.25) is 0 Å². The Bertz CT molecular complexity index is 363. The van der Waals surface area contributed by atoms with Crippen molar-refractivity contribution < 1.29 is 39.5 Å². The first-order valence-corrected chi connectivity index (χ1v) is 6.66. The molecular formula is C12H21NO8. The van der Waals surface area contributed by atoms with Crippen LogP contribution in [0.4, 0.5) is 0 Å². The van der Waals surface area contributed by atoms with E-state index in [1.165, 1.54) is 0 Å². The minimum atomic E-state index is -1.79. The first kappa shape index (κ1) is 17.8. The summed E-state index contributed by atoms with van der Waals surface area (Å²) in [5.74, 6) is -1.86. The van der Waals surface area contributed by atoms with E-state index in [9.17, 15) is 24.9 Å². The fourth-order valence-corrected chi connectivity index (χ4v) is 1.92. The zero-order valence-corrected chi connectivity index (χ0v) is 11.6. The lowest BCUT2D eigenvalue weighted by molar-refractivity contribution is -0.178. The smallest absolute Gasteiger partial charge is 0.331 e. The lowest BCUT2D eigenvalue weighted by atomic mass is 9.97. The third kappa shape index (κ3) is 4.61. The van der Waals surface area contributed by atoms with E-state index in [0.29, 0.717) is 0 Å². The molecule has 5 N–H and O–H groups in total. The Morgan fingerprint density at radius 2 is 2.10 bits per heavy atom. The summed E-state index contributed by atoms with van der Waals surface area (Å²) in [6, 6.07) is -1.32. The largest absolute Gasteiger partial charge is 0.464 e. The minimum absolute atomic E-state index is 0.0738. The minimum Gasteiger partial charge on any atom is -0.464 e. The molecule has 1 heterocycles. The molecule has 21 heavy (non-hydrogen) atoms. The molecule has 0 spiro atoms. The van der Waals surface area contributed by atoms with Crippen molar-refractivity contribution in [3.63, 3.8) is 0 Å². The summed E-state index contributed by atoms with van der Waals surface area (Å²) in [4.78, 5) is 23.2. The number of carbonyl (C=O) groups is 2. The molecule has 9 heteroatoms. The van der Waals surface area contributed by atoms with Crippen LogP contribution in [0.3, 0.4) is 0 Å². The summed E-state index contributed by atoms with van der Waals surface area (Å²) in [6.07, 6.45) is -5.44. The second-order valence-corrected chi connectivity index (χ2v) is 4.62. The third-order valence-corrected chi connectivity index (χ3v) is 3.10. The monoisotopic (exact) mass is 307 g/mol. The Morgan fingerprint density at radius 3 is 2.67 bits per heavy atom. The molecule has 0 radical (unpaired) electrons. The van der Waals surface area contributed by atoms with Crippen LogP contribution in [0.5, 0.6) is 0 Å². The third-order valence-electron chi connectivity index (χ3n) is 3.10. The molecule has 1 fully saturated rings. The van der Waals surface area contributed by atoms with Crippen LogP contribution in [0.2, 0.25) is 0 Å². The van der Waals surface area contributed by atoms with Crippen LogP contribution in [0.25, 0.3) is 0 Å². The highest BCUT2D eigenvalue weighted by Crippen LogP contribution is 2.18. The zero-order valence-electron chi connectivity index (χ0n) is 11.6. The number of ether oxygens (including phenoxy) is 2. The quantitative estimate of drug-likeness (QED) is 0.324. The van der Waals surface area contributed by atoms with Crippen molar-refractivity contribution in [2.45, 2.75) is 43.8 Å². The van der Waals surface area contributed by atoms with Gasteiger partial charge >= 0.3 is 5.97 Å². The maximum atomic E-state index is 11.8. The number of aliphatic hydroxyl groups excluding tert-OH is 4. The molecule has 1 rings (SSSR count). The first-order valence-electron chi connectivity index (χ1n) is 6.66. The number of esters is 1. The molecule has 1 amide bonds. The standard InChI is InChI=1S/C12H21NO8/c1-2-20-12(19)6(5-14)13-11(18)9(17)10-8(16)7(15)3-4-21-10/h6-10,14-17H,2-5H2,1H3,(H,13,18). The van der Waals surface area contributed by atoms with E-state index in [1.807, 2.05) is 0 Å². The van der Waals surface area contributed by atoms with E-state index in [1.54, 1.807) is 6.92 Å². The van der Waals surface area contributed by atoms with Gasteiger partial charge in [-0.1, -0.05) is 0 Å². The van der Waals surface area contributed by atoms with Crippen LogP contribution < -0.4 is 5.32 Å².